The van der Waals surface area contributed by atoms with E-state index < -0.39 is 0 Å². The van der Waals surface area contributed by atoms with Crippen molar-refractivity contribution in [1.29, 1.82) is 0 Å². The van der Waals surface area contributed by atoms with E-state index in [4.69, 9.17) is 0 Å². The lowest BCUT2D eigenvalue weighted by atomic mass is 9.97. The number of benzene rings is 7. The number of allylic oxidation sites excluding steroid dienone is 4. The van der Waals surface area contributed by atoms with Gasteiger partial charge in [-0.05, 0) is 83.5 Å². The second-order valence-electron chi connectivity index (χ2n) is 12.5. The third-order valence-electron chi connectivity index (χ3n) is 9.67. The van der Waals surface area contributed by atoms with Crippen LogP contribution in [0.25, 0.3) is 55.0 Å². The number of hydrogen-bond acceptors (Lipinski definition) is 1. The first-order chi connectivity index (χ1) is 23.8. The molecule has 0 amide bonds. The van der Waals surface area contributed by atoms with Crippen molar-refractivity contribution < 1.29 is 0 Å². The van der Waals surface area contributed by atoms with E-state index in [1.807, 2.05) is 0 Å². The first-order valence-corrected chi connectivity index (χ1v) is 16.8. The molecule has 0 atom stereocenters. The van der Waals surface area contributed by atoms with Crippen LogP contribution in [0, 0.1) is 0 Å². The Morgan fingerprint density at radius 3 is 1.90 bits per heavy atom. The molecule has 228 valence electrons. The smallest absolute Gasteiger partial charge is 0.0619 e. The Morgan fingerprint density at radius 2 is 1.12 bits per heavy atom. The zero-order valence-electron chi connectivity index (χ0n) is 26.6. The van der Waals surface area contributed by atoms with E-state index in [-0.39, 0.29) is 0 Å². The van der Waals surface area contributed by atoms with E-state index in [1.54, 1.807) is 0 Å². The molecule has 0 spiro atoms. The highest BCUT2D eigenvalue weighted by Crippen LogP contribution is 2.41. The third-order valence-corrected chi connectivity index (χ3v) is 9.67. The molecule has 1 aliphatic rings. The van der Waals surface area contributed by atoms with Crippen LogP contribution in [0.1, 0.15) is 18.4 Å². The molecule has 1 aliphatic carbocycles. The van der Waals surface area contributed by atoms with Gasteiger partial charge in [0.2, 0.25) is 0 Å². The lowest BCUT2D eigenvalue weighted by molar-refractivity contribution is 1.05. The number of rotatable bonds is 6. The van der Waals surface area contributed by atoms with Gasteiger partial charge in [0.1, 0.15) is 0 Å². The first-order valence-electron chi connectivity index (χ1n) is 16.8. The molecule has 2 nitrogen and oxygen atoms in total. The minimum Gasteiger partial charge on any atom is -0.311 e. The van der Waals surface area contributed by atoms with E-state index in [1.165, 1.54) is 60.5 Å². The summed E-state index contributed by atoms with van der Waals surface area (Å²) in [7, 11) is 0. The van der Waals surface area contributed by atoms with E-state index in [2.05, 4.69) is 191 Å². The van der Waals surface area contributed by atoms with Gasteiger partial charge in [0, 0.05) is 38.8 Å². The second kappa shape index (κ2) is 11.9. The molecule has 8 aromatic rings. The van der Waals surface area contributed by atoms with Crippen LogP contribution >= 0.6 is 0 Å². The van der Waals surface area contributed by atoms with E-state index in [9.17, 15) is 0 Å². The maximum absolute atomic E-state index is 2.46. The van der Waals surface area contributed by atoms with Gasteiger partial charge in [-0.25, -0.2) is 0 Å². The van der Waals surface area contributed by atoms with E-state index in [0.717, 1.165) is 29.9 Å². The number of anilines is 3. The molecule has 0 aliphatic heterocycles. The van der Waals surface area contributed by atoms with Gasteiger partial charge in [0.25, 0.3) is 0 Å². The second-order valence-corrected chi connectivity index (χ2v) is 12.5. The van der Waals surface area contributed by atoms with Gasteiger partial charge in [-0.1, -0.05) is 133 Å². The maximum Gasteiger partial charge on any atom is 0.0619 e. The Morgan fingerprint density at radius 1 is 0.479 bits per heavy atom. The number of para-hydroxylation sites is 3. The van der Waals surface area contributed by atoms with Crippen LogP contribution in [0.3, 0.4) is 0 Å². The fraction of sp³-hybridized carbons (Fsp3) is 0.0435. The van der Waals surface area contributed by atoms with Crippen LogP contribution in [0.2, 0.25) is 0 Å². The van der Waals surface area contributed by atoms with Crippen molar-refractivity contribution in [3.05, 3.63) is 188 Å². The molecule has 0 N–H and O–H groups in total. The lowest BCUT2D eigenvalue weighted by Crippen LogP contribution is -2.09. The summed E-state index contributed by atoms with van der Waals surface area (Å²) >= 11 is 0. The van der Waals surface area contributed by atoms with Crippen LogP contribution in [0.15, 0.2) is 182 Å². The van der Waals surface area contributed by atoms with Crippen LogP contribution in [0.5, 0.6) is 0 Å². The molecule has 0 radical (unpaired) electrons. The van der Waals surface area contributed by atoms with Crippen LogP contribution in [0.4, 0.5) is 17.1 Å². The van der Waals surface area contributed by atoms with Gasteiger partial charge in [0.05, 0.1) is 16.7 Å². The zero-order valence-corrected chi connectivity index (χ0v) is 26.6. The summed E-state index contributed by atoms with van der Waals surface area (Å²) in [4.78, 5) is 2.34. The minimum atomic E-state index is 1.09. The van der Waals surface area contributed by atoms with Crippen molar-refractivity contribution in [3.63, 3.8) is 0 Å². The zero-order chi connectivity index (χ0) is 31.9. The molecule has 1 aromatic heterocycles. The lowest BCUT2D eigenvalue weighted by Gasteiger charge is -2.26. The van der Waals surface area contributed by atoms with Crippen LogP contribution < -0.4 is 4.90 Å². The molecule has 0 unspecified atom stereocenters. The highest BCUT2D eigenvalue weighted by molar-refractivity contribution is 6.18. The van der Waals surface area contributed by atoms with Gasteiger partial charge >= 0.3 is 0 Å². The Kier molecular flexibility index (Phi) is 6.98. The molecule has 48 heavy (non-hydrogen) atoms. The van der Waals surface area contributed by atoms with Crippen LogP contribution in [-0.2, 0) is 0 Å². The molecular weight excluding hydrogens is 581 g/mol. The summed E-state index contributed by atoms with van der Waals surface area (Å²) in [5, 5.41) is 5.05. The van der Waals surface area contributed by atoms with Crippen molar-refractivity contribution in [2.45, 2.75) is 12.8 Å². The number of hydrogen-bond donors (Lipinski definition) is 0. The highest BCUT2D eigenvalue weighted by Gasteiger charge is 2.18. The van der Waals surface area contributed by atoms with E-state index >= 15 is 0 Å². The quantitative estimate of drug-likeness (QED) is 0.181. The summed E-state index contributed by atoms with van der Waals surface area (Å²) in [6.45, 7) is 0. The monoisotopic (exact) mass is 614 g/mol. The van der Waals surface area contributed by atoms with E-state index in [0.29, 0.717) is 0 Å². The van der Waals surface area contributed by atoms with Crippen LogP contribution in [-0.4, -0.2) is 4.57 Å². The fourth-order valence-electron chi connectivity index (χ4n) is 7.38. The van der Waals surface area contributed by atoms with Crippen molar-refractivity contribution in [1.82, 2.24) is 4.57 Å². The molecule has 0 bridgehead atoms. The van der Waals surface area contributed by atoms with Crippen molar-refractivity contribution in [2.75, 3.05) is 4.90 Å². The predicted octanol–water partition coefficient (Wildman–Crippen LogP) is 12.8. The summed E-state index contributed by atoms with van der Waals surface area (Å²) < 4.78 is 2.46. The standard InChI is InChI=1S/C46H34N2/c1-3-13-33(14-4-1)34-23-28-38(29-24-34)47(37-16-5-2-6-17-37)39-30-25-36(26-31-39)40-18-9-11-21-44(40)48-45-22-12-10-20-42(45)43-32-27-35-15-7-8-19-41(35)46(43)48/h1-3,5-13,15-32H,4,14H2. The topological polar surface area (TPSA) is 8.17 Å². The normalized spacial score (nSPS) is 12.9. The summed E-state index contributed by atoms with van der Waals surface area (Å²) in [5.74, 6) is 0. The number of nitrogens with zero attached hydrogens (tertiary/aromatic N) is 2. The Balaban J connectivity index is 1.16. The maximum atomic E-state index is 2.46. The van der Waals surface area contributed by atoms with Crippen molar-refractivity contribution in [3.8, 4) is 16.8 Å². The molecular formula is C46H34N2. The Bertz CT molecular complexity index is 2480. The van der Waals surface area contributed by atoms with Crippen molar-refractivity contribution in [2.24, 2.45) is 0 Å². The van der Waals surface area contributed by atoms with Crippen molar-refractivity contribution >= 4 is 55.2 Å². The first kappa shape index (κ1) is 28.1. The summed E-state index contributed by atoms with van der Waals surface area (Å²) in [6, 6.07) is 59.5. The average molecular weight is 615 g/mol. The largest absolute Gasteiger partial charge is 0.311 e. The highest BCUT2D eigenvalue weighted by atomic mass is 15.1. The van der Waals surface area contributed by atoms with Gasteiger partial charge in [-0.15, -0.1) is 0 Å². The fourth-order valence-corrected chi connectivity index (χ4v) is 7.38. The molecule has 0 fully saturated rings. The predicted molar refractivity (Wildman–Crippen MR) is 205 cm³/mol. The molecule has 2 heteroatoms. The number of fused-ring (bicyclic) bond motifs is 5. The van der Waals surface area contributed by atoms with Gasteiger partial charge in [-0.2, -0.15) is 0 Å². The molecule has 0 saturated carbocycles. The SMILES string of the molecule is C1=CCCC(c2ccc(N(c3ccccc3)c3ccc(-c4ccccc4-n4c5ccccc5c5ccc6ccccc6c54)cc3)cc2)=C1. The number of aromatic nitrogens is 1. The molecule has 1 heterocycles. The third kappa shape index (κ3) is 4.82. The Hall–Kier alpha value is -6.12. The average Bonchev–Trinajstić information content (AvgIpc) is 3.51. The molecule has 0 saturated heterocycles. The minimum absolute atomic E-state index is 1.09. The summed E-state index contributed by atoms with van der Waals surface area (Å²) in [6.07, 6.45) is 8.85. The van der Waals surface area contributed by atoms with Gasteiger partial charge in [-0.3, -0.25) is 0 Å². The van der Waals surface area contributed by atoms with Gasteiger partial charge < -0.3 is 9.47 Å². The van der Waals surface area contributed by atoms with Gasteiger partial charge in [0.15, 0.2) is 0 Å². The Labute approximate surface area is 281 Å². The molecule has 9 rings (SSSR count). The molecule has 7 aromatic carbocycles. The summed E-state index contributed by atoms with van der Waals surface area (Å²) in [5.41, 5.74) is 12.1.